The molecule has 0 radical (unpaired) electrons. The molecule has 0 aromatic rings. The second-order valence-corrected chi connectivity index (χ2v) is 8.25. The highest BCUT2D eigenvalue weighted by atomic mass is 16.6. The first-order valence-corrected chi connectivity index (χ1v) is 7.99. The van der Waals surface area contributed by atoms with Gasteiger partial charge in [0.25, 0.3) is 0 Å². The Kier molecular flexibility index (Phi) is 2.58. The fourth-order valence-electron chi connectivity index (χ4n) is 5.43. The third-order valence-electron chi connectivity index (χ3n) is 6.09. The van der Waals surface area contributed by atoms with Gasteiger partial charge in [0.1, 0.15) is 11.6 Å². The zero-order valence-electron chi connectivity index (χ0n) is 13.4. The van der Waals surface area contributed by atoms with E-state index in [-0.39, 0.29) is 11.8 Å². The number of hydrogen-bond donors (Lipinski definition) is 1. The van der Waals surface area contributed by atoms with Crippen LogP contribution in [0.1, 0.15) is 27.2 Å². The number of fused-ring (bicyclic) bond motifs is 4. The van der Waals surface area contributed by atoms with Gasteiger partial charge in [-0.2, -0.15) is 0 Å². The number of methoxy groups -OCH3 is 1. The van der Waals surface area contributed by atoms with Gasteiger partial charge >= 0.3 is 12.1 Å². The van der Waals surface area contributed by atoms with Gasteiger partial charge in [-0.1, -0.05) is 0 Å². The van der Waals surface area contributed by atoms with Gasteiger partial charge in [-0.25, -0.2) is 9.59 Å². The zero-order valence-corrected chi connectivity index (χ0v) is 13.4. The monoisotopic (exact) mass is 309 g/mol. The minimum absolute atomic E-state index is 0.0220. The van der Waals surface area contributed by atoms with Crippen LogP contribution in [0.15, 0.2) is 0 Å². The molecule has 3 aliphatic carbocycles. The van der Waals surface area contributed by atoms with Crippen molar-refractivity contribution in [1.82, 2.24) is 4.90 Å². The number of nitrogens with zero attached hydrogens (tertiary/aromatic N) is 1. The molecule has 1 saturated heterocycles. The van der Waals surface area contributed by atoms with Crippen LogP contribution in [0.5, 0.6) is 0 Å². The molecular formula is C16H23NO5. The molecule has 1 aliphatic heterocycles. The molecule has 0 bridgehead atoms. The van der Waals surface area contributed by atoms with E-state index >= 15 is 0 Å². The van der Waals surface area contributed by atoms with Crippen molar-refractivity contribution in [3.8, 4) is 0 Å². The summed E-state index contributed by atoms with van der Waals surface area (Å²) in [6.45, 7) is 5.97. The van der Waals surface area contributed by atoms with E-state index in [2.05, 4.69) is 0 Å². The first-order chi connectivity index (χ1) is 10.2. The van der Waals surface area contributed by atoms with E-state index in [4.69, 9.17) is 9.47 Å². The van der Waals surface area contributed by atoms with Crippen molar-refractivity contribution in [2.75, 3.05) is 13.7 Å². The van der Waals surface area contributed by atoms with Gasteiger partial charge in [0.2, 0.25) is 0 Å². The Balaban J connectivity index is 1.60. The van der Waals surface area contributed by atoms with Crippen LogP contribution in [0.25, 0.3) is 0 Å². The molecule has 1 N–H and O–H groups in total. The molecule has 0 aromatic carbocycles. The largest absolute Gasteiger partial charge is 0.467 e. The van der Waals surface area contributed by atoms with Crippen LogP contribution in [0.3, 0.4) is 0 Å². The Morgan fingerprint density at radius 2 is 1.91 bits per heavy atom. The van der Waals surface area contributed by atoms with E-state index in [1.807, 2.05) is 20.8 Å². The van der Waals surface area contributed by atoms with E-state index < -0.39 is 29.3 Å². The third-order valence-corrected chi connectivity index (χ3v) is 6.09. The summed E-state index contributed by atoms with van der Waals surface area (Å²) >= 11 is 0. The van der Waals surface area contributed by atoms with Gasteiger partial charge < -0.3 is 14.6 Å². The fourth-order valence-corrected chi connectivity index (χ4v) is 5.43. The predicted molar refractivity (Wildman–Crippen MR) is 75.8 cm³/mol. The van der Waals surface area contributed by atoms with Crippen molar-refractivity contribution >= 4 is 12.1 Å². The topological polar surface area (TPSA) is 76.1 Å². The van der Waals surface area contributed by atoms with Crippen molar-refractivity contribution < 1.29 is 24.2 Å². The summed E-state index contributed by atoms with van der Waals surface area (Å²) in [7, 11) is 1.34. The van der Waals surface area contributed by atoms with Crippen LogP contribution in [0, 0.1) is 29.6 Å². The van der Waals surface area contributed by atoms with Crippen LogP contribution in [-0.4, -0.2) is 53.0 Å². The lowest BCUT2D eigenvalue weighted by atomic mass is 9.69. The summed E-state index contributed by atoms with van der Waals surface area (Å²) in [5, 5.41) is 10.4. The molecule has 1 amide bonds. The van der Waals surface area contributed by atoms with Crippen LogP contribution in [0.2, 0.25) is 0 Å². The average Bonchev–Trinajstić information content (AvgIpc) is 2.74. The van der Waals surface area contributed by atoms with Gasteiger partial charge in [-0.05, 0) is 50.9 Å². The Hall–Kier alpha value is -1.30. The number of hydrogen-bond acceptors (Lipinski definition) is 5. The molecule has 4 fully saturated rings. The second-order valence-electron chi connectivity index (χ2n) is 8.25. The van der Waals surface area contributed by atoms with E-state index in [9.17, 15) is 14.7 Å². The molecule has 4 rings (SSSR count). The fraction of sp³-hybridized carbons (Fsp3) is 0.875. The second kappa shape index (κ2) is 3.96. The Morgan fingerprint density at radius 1 is 1.23 bits per heavy atom. The SMILES string of the molecule is COC(=O)[C@@H]1[C@@H]2[C@H](CN1C(=O)OC(C)(C)C)[C@@H]1C[C@@]3(O)C1[C@@H]23. The van der Waals surface area contributed by atoms with E-state index in [0.29, 0.717) is 24.3 Å². The number of carbonyl (C=O) groups is 2. The smallest absolute Gasteiger partial charge is 0.411 e. The van der Waals surface area contributed by atoms with E-state index in [1.54, 1.807) is 0 Å². The van der Waals surface area contributed by atoms with Gasteiger partial charge in [0.15, 0.2) is 0 Å². The number of esters is 1. The van der Waals surface area contributed by atoms with E-state index in [1.165, 1.54) is 12.0 Å². The first kappa shape index (κ1) is 14.3. The molecule has 122 valence electrons. The number of likely N-dealkylation sites (tertiary alicyclic amines) is 1. The maximum atomic E-state index is 12.5. The summed E-state index contributed by atoms with van der Waals surface area (Å²) in [6.07, 6.45) is 0.359. The molecule has 7 atom stereocenters. The molecule has 22 heavy (non-hydrogen) atoms. The lowest BCUT2D eigenvalue weighted by molar-refractivity contribution is -0.148. The van der Waals surface area contributed by atoms with Crippen LogP contribution >= 0.6 is 0 Å². The average molecular weight is 309 g/mol. The summed E-state index contributed by atoms with van der Waals surface area (Å²) in [6, 6.07) is -0.614. The summed E-state index contributed by atoms with van der Waals surface area (Å²) in [5.74, 6) is 0.859. The van der Waals surface area contributed by atoms with Crippen LogP contribution < -0.4 is 0 Å². The Morgan fingerprint density at radius 3 is 2.50 bits per heavy atom. The molecule has 0 aromatic heterocycles. The Labute approximate surface area is 129 Å². The number of rotatable bonds is 1. The van der Waals surface area contributed by atoms with Crippen molar-refractivity contribution in [3.05, 3.63) is 0 Å². The van der Waals surface area contributed by atoms with Crippen molar-refractivity contribution in [2.24, 2.45) is 29.6 Å². The highest BCUT2D eigenvalue weighted by Gasteiger charge is 2.86. The maximum absolute atomic E-state index is 12.5. The van der Waals surface area contributed by atoms with Crippen LogP contribution in [0.4, 0.5) is 4.79 Å². The lowest BCUT2D eigenvalue weighted by Gasteiger charge is -2.38. The third kappa shape index (κ3) is 1.59. The zero-order chi connectivity index (χ0) is 16.0. The number of ether oxygens (including phenoxy) is 2. The first-order valence-electron chi connectivity index (χ1n) is 7.99. The normalized spacial score (nSPS) is 47.4. The summed E-state index contributed by atoms with van der Waals surface area (Å²) in [5.41, 5.74) is -1.17. The number of aliphatic hydroxyl groups is 1. The summed E-state index contributed by atoms with van der Waals surface area (Å²) in [4.78, 5) is 26.3. The van der Waals surface area contributed by atoms with E-state index in [0.717, 1.165) is 6.42 Å². The highest BCUT2D eigenvalue weighted by molar-refractivity contribution is 5.83. The van der Waals surface area contributed by atoms with Gasteiger partial charge in [-0.3, -0.25) is 4.90 Å². The summed E-state index contributed by atoms with van der Waals surface area (Å²) < 4.78 is 10.4. The maximum Gasteiger partial charge on any atom is 0.411 e. The number of amides is 1. The molecule has 6 heteroatoms. The van der Waals surface area contributed by atoms with Gasteiger partial charge in [-0.15, -0.1) is 0 Å². The van der Waals surface area contributed by atoms with Crippen molar-refractivity contribution in [3.63, 3.8) is 0 Å². The molecular weight excluding hydrogens is 286 g/mol. The number of carbonyl (C=O) groups excluding carboxylic acids is 2. The van der Waals surface area contributed by atoms with Crippen molar-refractivity contribution in [1.29, 1.82) is 0 Å². The van der Waals surface area contributed by atoms with Crippen molar-refractivity contribution in [2.45, 2.75) is 44.4 Å². The molecule has 1 unspecified atom stereocenters. The van der Waals surface area contributed by atoms with Gasteiger partial charge in [0.05, 0.1) is 12.7 Å². The highest BCUT2D eigenvalue weighted by Crippen LogP contribution is 2.81. The minimum Gasteiger partial charge on any atom is -0.467 e. The molecule has 0 spiro atoms. The quantitative estimate of drug-likeness (QED) is 0.732. The molecule has 6 nitrogen and oxygen atoms in total. The predicted octanol–water partition coefficient (Wildman–Crippen LogP) is 1.02. The van der Waals surface area contributed by atoms with Gasteiger partial charge in [0, 0.05) is 12.5 Å². The molecule has 3 saturated carbocycles. The lowest BCUT2D eigenvalue weighted by Crippen LogP contribution is -2.47. The molecule has 1 heterocycles. The standard InChI is InChI=1S/C16H23NO5/c1-15(2,3)22-14(19)17-6-8-7-5-16(20)10(7)11(16)9(8)12(17)13(18)21-4/h7-12,20H,5-6H2,1-4H3/t7-,8+,9+,10?,11+,12-,16+/m0/s1. The Bertz CT molecular complexity index is 555. The van der Waals surface area contributed by atoms with Crippen LogP contribution in [-0.2, 0) is 14.3 Å². The molecule has 4 aliphatic rings. The minimum atomic E-state index is -0.614.